The van der Waals surface area contributed by atoms with Crippen molar-refractivity contribution in [2.75, 3.05) is 13.1 Å². The van der Waals surface area contributed by atoms with Gasteiger partial charge in [0.25, 0.3) is 5.69 Å². The average Bonchev–Trinajstić information content (AvgIpc) is 2.97. The number of aromatic carboxylic acids is 1. The predicted octanol–water partition coefficient (Wildman–Crippen LogP) is 0.717. The van der Waals surface area contributed by atoms with Crippen molar-refractivity contribution in [3.05, 3.63) is 28.1 Å². The lowest BCUT2D eigenvalue weighted by Crippen LogP contribution is -2.31. The normalized spacial score (nSPS) is 14.6. The molecule has 8 heteroatoms. The molecule has 0 radical (unpaired) electrons. The molecule has 1 aromatic rings. The Morgan fingerprint density at radius 3 is 2.53 bits per heavy atom. The van der Waals surface area contributed by atoms with E-state index in [4.69, 9.17) is 5.11 Å². The highest BCUT2D eigenvalue weighted by Crippen LogP contribution is 2.17. The average molecular weight is 267 g/mol. The molecule has 0 aromatic carbocycles. The summed E-state index contributed by atoms with van der Waals surface area (Å²) in [5.74, 6) is -1.51. The van der Waals surface area contributed by atoms with Gasteiger partial charge in [0, 0.05) is 19.2 Å². The third-order valence-corrected chi connectivity index (χ3v) is 3.08. The van der Waals surface area contributed by atoms with Gasteiger partial charge in [-0.3, -0.25) is 14.9 Å². The maximum absolute atomic E-state index is 11.9. The van der Waals surface area contributed by atoms with Gasteiger partial charge in [-0.15, -0.1) is 0 Å². The van der Waals surface area contributed by atoms with Gasteiger partial charge in [-0.1, -0.05) is 0 Å². The summed E-state index contributed by atoms with van der Waals surface area (Å²) in [7, 11) is 0. The number of carboxylic acids is 1. The Hall–Kier alpha value is -2.38. The SMILES string of the molecule is O=C(O)c1cc([N+](=O)[O-])cn1CC(=O)N1CCCC1. The van der Waals surface area contributed by atoms with Crippen molar-refractivity contribution in [1.82, 2.24) is 9.47 Å². The smallest absolute Gasteiger partial charge is 0.352 e. The molecule has 2 heterocycles. The van der Waals surface area contributed by atoms with Gasteiger partial charge in [-0.25, -0.2) is 4.79 Å². The Labute approximate surface area is 108 Å². The zero-order valence-electron chi connectivity index (χ0n) is 10.1. The number of hydrogen-bond donors (Lipinski definition) is 1. The summed E-state index contributed by atoms with van der Waals surface area (Å²) in [6.07, 6.45) is 2.95. The molecule has 8 nitrogen and oxygen atoms in total. The Kier molecular flexibility index (Phi) is 3.50. The fraction of sp³-hybridized carbons (Fsp3) is 0.455. The van der Waals surface area contributed by atoms with Crippen LogP contribution in [0.3, 0.4) is 0 Å². The van der Waals surface area contributed by atoms with Crippen molar-refractivity contribution in [3.8, 4) is 0 Å². The summed E-state index contributed by atoms with van der Waals surface area (Å²) in [5, 5.41) is 19.6. The van der Waals surface area contributed by atoms with Crippen LogP contribution in [0.4, 0.5) is 5.69 Å². The molecule has 0 spiro atoms. The Balaban J connectivity index is 2.20. The number of rotatable bonds is 4. The Bertz CT molecular complexity index is 530. The molecule has 19 heavy (non-hydrogen) atoms. The molecule has 1 saturated heterocycles. The number of nitrogens with zero attached hydrogens (tertiary/aromatic N) is 3. The second-order valence-corrected chi connectivity index (χ2v) is 4.36. The highest BCUT2D eigenvalue weighted by Gasteiger charge is 2.23. The van der Waals surface area contributed by atoms with Gasteiger partial charge in [-0.05, 0) is 12.8 Å². The number of carbonyl (C=O) groups is 2. The summed E-state index contributed by atoms with van der Waals surface area (Å²) in [6.45, 7) is 1.13. The first-order chi connectivity index (χ1) is 8.99. The predicted molar refractivity (Wildman–Crippen MR) is 63.9 cm³/mol. The fourth-order valence-corrected chi connectivity index (χ4v) is 2.12. The minimum absolute atomic E-state index is 0.185. The standard InChI is InChI=1S/C11H13N3O5/c15-10(12-3-1-2-4-12)7-13-6-8(14(18)19)5-9(13)11(16)17/h5-6H,1-4,7H2,(H,16,17). The first-order valence-corrected chi connectivity index (χ1v) is 5.84. The molecule has 1 aromatic heterocycles. The Morgan fingerprint density at radius 2 is 2.00 bits per heavy atom. The fourth-order valence-electron chi connectivity index (χ4n) is 2.12. The van der Waals surface area contributed by atoms with Crippen molar-refractivity contribution in [3.63, 3.8) is 0 Å². The van der Waals surface area contributed by atoms with Crippen molar-refractivity contribution < 1.29 is 19.6 Å². The van der Waals surface area contributed by atoms with E-state index in [-0.39, 0.29) is 23.8 Å². The number of carboxylic acid groups (broad SMARTS) is 1. The second kappa shape index (κ2) is 5.09. The Morgan fingerprint density at radius 1 is 1.37 bits per heavy atom. The van der Waals surface area contributed by atoms with Gasteiger partial charge in [0.05, 0.1) is 11.1 Å². The van der Waals surface area contributed by atoms with E-state index in [1.165, 1.54) is 0 Å². The van der Waals surface area contributed by atoms with Crippen molar-refractivity contribution in [2.24, 2.45) is 0 Å². The first-order valence-electron chi connectivity index (χ1n) is 5.84. The number of likely N-dealkylation sites (tertiary alicyclic amines) is 1. The van der Waals surface area contributed by atoms with E-state index in [0.29, 0.717) is 13.1 Å². The molecule has 1 amide bonds. The van der Waals surface area contributed by atoms with Crippen LogP contribution in [0, 0.1) is 10.1 Å². The molecule has 1 aliphatic rings. The van der Waals surface area contributed by atoms with Crippen LogP contribution in [-0.2, 0) is 11.3 Å². The van der Waals surface area contributed by atoms with Crippen molar-refractivity contribution in [2.45, 2.75) is 19.4 Å². The third-order valence-electron chi connectivity index (χ3n) is 3.08. The maximum atomic E-state index is 11.9. The molecule has 102 valence electrons. The number of aromatic nitrogens is 1. The van der Waals surface area contributed by atoms with Crippen LogP contribution in [0.25, 0.3) is 0 Å². The lowest BCUT2D eigenvalue weighted by Gasteiger charge is -2.15. The number of carbonyl (C=O) groups excluding carboxylic acids is 1. The summed E-state index contributed by atoms with van der Waals surface area (Å²) < 4.78 is 1.11. The minimum Gasteiger partial charge on any atom is -0.477 e. The van der Waals surface area contributed by atoms with E-state index in [1.54, 1.807) is 4.90 Å². The molecular weight excluding hydrogens is 254 g/mol. The highest BCUT2D eigenvalue weighted by atomic mass is 16.6. The second-order valence-electron chi connectivity index (χ2n) is 4.36. The van der Waals surface area contributed by atoms with E-state index in [2.05, 4.69) is 0 Å². The molecule has 1 aliphatic heterocycles. The molecule has 1 N–H and O–H groups in total. The minimum atomic E-state index is -1.29. The van der Waals surface area contributed by atoms with Crippen LogP contribution >= 0.6 is 0 Å². The molecule has 0 atom stereocenters. The maximum Gasteiger partial charge on any atom is 0.352 e. The van der Waals surface area contributed by atoms with Gasteiger partial charge >= 0.3 is 5.97 Å². The number of nitro groups is 1. The van der Waals surface area contributed by atoms with E-state index >= 15 is 0 Å². The van der Waals surface area contributed by atoms with Crippen LogP contribution in [0.1, 0.15) is 23.3 Å². The molecule has 0 saturated carbocycles. The zero-order valence-corrected chi connectivity index (χ0v) is 10.1. The van der Waals surface area contributed by atoms with E-state index < -0.39 is 10.9 Å². The van der Waals surface area contributed by atoms with Crippen molar-refractivity contribution in [1.29, 1.82) is 0 Å². The quantitative estimate of drug-likeness (QED) is 0.639. The van der Waals surface area contributed by atoms with E-state index in [9.17, 15) is 19.7 Å². The van der Waals surface area contributed by atoms with E-state index in [1.807, 2.05) is 0 Å². The van der Waals surface area contributed by atoms with Gasteiger partial charge in [0.15, 0.2) is 0 Å². The zero-order chi connectivity index (χ0) is 14.0. The molecule has 0 aliphatic carbocycles. The summed E-state index contributed by atoms with van der Waals surface area (Å²) >= 11 is 0. The van der Waals surface area contributed by atoms with Crippen LogP contribution in [0.2, 0.25) is 0 Å². The van der Waals surface area contributed by atoms with Crippen LogP contribution in [-0.4, -0.2) is 44.5 Å². The molecule has 0 bridgehead atoms. The number of amides is 1. The van der Waals surface area contributed by atoms with Gasteiger partial charge in [-0.2, -0.15) is 0 Å². The summed E-state index contributed by atoms with van der Waals surface area (Å²) in [5.41, 5.74) is -0.578. The monoisotopic (exact) mass is 267 g/mol. The summed E-state index contributed by atoms with van der Waals surface area (Å²) in [6, 6.07) is 0.958. The third kappa shape index (κ3) is 2.72. The van der Waals surface area contributed by atoms with Crippen LogP contribution in [0.15, 0.2) is 12.3 Å². The van der Waals surface area contributed by atoms with E-state index in [0.717, 1.165) is 29.7 Å². The highest BCUT2D eigenvalue weighted by molar-refractivity contribution is 5.88. The summed E-state index contributed by atoms with van der Waals surface area (Å²) in [4.78, 5) is 34.5. The topological polar surface area (TPSA) is 106 Å². The lowest BCUT2D eigenvalue weighted by molar-refractivity contribution is -0.384. The molecule has 2 rings (SSSR count). The number of hydrogen-bond acceptors (Lipinski definition) is 4. The first kappa shape index (κ1) is 13.1. The van der Waals surface area contributed by atoms with Crippen LogP contribution < -0.4 is 0 Å². The lowest BCUT2D eigenvalue weighted by atomic mass is 10.4. The van der Waals surface area contributed by atoms with Gasteiger partial charge in [0.1, 0.15) is 12.2 Å². The molecular formula is C11H13N3O5. The van der Waals surface area contributed by atoms with Crippen LogP contribution in [0.5, 0.6) is 0 Å². The largest absolute Gasteiger partial charge is 0.477 e. The molecule has 0 unspecified atom stereocenters. The van der Waals surface area contributed by atoms with Gasteiger partial charge < -0.3 is 14.6 Å². The van der Waals surface area contributed by atoms with Gasteiger partial charge in [0.2, 0.25) is 5.91 Å². The van der Waals surface area contributed by atoms with Crippen molar-refractivity contribution >= 4 is 17.6 Å². The molecule has 1 fully saturated rings.